The van der Waals surface area contributed by atoms with Gasteiger partial charge < -0.3 is 0 Å². The van der Waals surface area contributed by atoms with Crippen molar-refractivity contribution >= 4 is 55.1 Å². The van der Waals surface area contributed by atoms with Gasteiger partial charge in [-0.2, -0.15) is 0 Å². The maximum atomic E-state index is 6.03. The number of halogens is 2. The Morgan fingerprint density at radius 2 is 1.57 bits per heavy atom. The molecule has 0 bridgehead atoms. The van der Waals surface area contributed by atoms with E-state index >= 15 is 0 Å². The molecule has 0 spiro atoms. The second kappa shape index (κ2) is 3.83. The van der Waals surface area contributed by atoms with E-state index in [4.69, 9.17) is 34.3 Å². The van der Waals surface area contributed by atoms with Gasteiger partial charge in [-0.25, -0.2) is 0 Å². The summed E-state index contributed by atoms with van der Waals surface area (Å²) in [5, 5.41) is 3.07. The molecular formula is C10H7Cl2PS. The number of fused-ring (bicyclic) bond motifs is 1. The van der Waals surface area contributed by atoms with Gasteiger partial charge in [-0.05, 0) is 10.8 Å². The Kier molecular flexibility index (Phi) is 2.86. The summed E-state index contributed by atoms with van der Waals surface area (Å²) in [5.74, 6) is 0. The number of rotatable bonds is 1. The lowest BCUT2D eigenvalue weighted by atomic mass is 10.1. The Balaban J connectivity index is 2.85. The summed E-state index contributed by atoms with van der Waals surface area (Å²) in [6.07, 6.45) is 0. The second-order valence-corrected chi connectivity index (χ2v) is 10.8. The quantitative estimate of drug-likeness (QED) is 0.691. The van der Waals surface area contributed by atoms with Crippen molar-refractivity contribution in [2.24, 2.45) is 0 Å². The van der Waals surface area contributed by atoms with E-state index in [2.05, 4.69) is 0 Å². The summed E-state index contributed by atoms with van der Waals surface area (Å²) >= 11 is 17.2. The number of hydrogen-bond acceptors (Lipinski definition) is 1. The van der Waals surface area contributed by atoms with Gasteiger partial charge in [0.2, 0.25) is 0 Å². The largest absolute Gasteiger partial charge is 0.147 e. The Bertz CT molecular complexity index is 513. The van der Waals surface area contributed by atoms with Gasteiger partial charge in [-0.1, -0.05) is 76.8 Å². The third-order valence-corrected chi connectivity index (χ3v) is 4.68. The SMILES string of the molecule is S=P(Cl)(Cl)c1cccc2ccccc12. The van der Waals surface area contributed by atoms with Crippen LogP contribution >= 0.6 is 27.2 Å². The van der Waals surface area contributed by atoms with Gasteiger partial charge in [-0.3, -0.25) is 0 Å². The molecule has 0 aromatic heterocycles. The van der Waals surface area contributed by atoms with Crippen molar-refractivity contribution in [2.45, 2.75) is 0 Å². The lowest BCUT2D eigenvalue weighted by molar-refractivity contribution is 1.78. The minimum atomic E-state index is -2.39. The summed E-state index contributed by atoms with van der Waals surface area (Å²) in [5.41, 5.74) is 0. The van der Waals surface area contributed by atoms with E-state index in [0.717, 1.165) is 16.1 Å². The smallest absolute Gasteiger partial charge is 0.0632 e. The fourth-order valence-electron chi connectivity index (χ4n) is 1.44. The van der Waals surface area contributed by atoms with Crippen molar-refractivity contribution in [1.82, 2.24) is 0 Å². The van der Waals surface area contributed by atoms with E-state index in [1.165, 1.54) is 0 Å². The van der Waals surface area contributed by atoms with E-state index in [1.54, 1.807) is 0 Å². The van der Waals surface area contributed by atoms with Gasteiger partial charge >= 0.3 is 0 Å². The van der Waals surface area contributed by atoms with Crippen LogP contribution in [0.2, 0.25) is 0 Å². The lowest BCUT2D eigenvalue weighted by Gasteiger charge is -2.09. The summed E-state index contributed by atoms with van der Waals surface area (Å²) in [6, 6.07) is 13.8. The van der Waals surface area contributed by atoms with Crippen molar-refractivity contribution in [3.05, 3.63) is 42.5 Å². The van der Waals surface area contributed by atoms with Crippen LogP contribution in [0.3, 0.4) is 0 Å². The average Bonchev–Trinajstić information content (AvgIpc) is 2.15. The Hall–Kier alpha value is -0.0700. The van der Waals surface area contributed by atoms with Crippen LogP contribution < -0.4 is 5.30 Å². The first-order chi connectivity index (χ1) is 6.59. The Morgan fingerprint density at radius 1 is 0.929 bits per heavy atom. The van der Waals surface area contributed by atoms with Crippen molar-refractivity contribution in [3.8, 4) is 0 Å². The highest BCUT2D eigenvalue weighted by Gasteiger charge is 2.14. The first-order valence-electron chi connectivity index (χ1n) is 4.07. The fraction of sp³-hybridized carbons (Fsp3) is 0. The zero-order chi connectivity index (χ0) is 10.2. The highest BCUT2D eigenvalue weighted by Crippen LogP contribution is 2.56. The molecular weight excluding hydrogens is 254 g/mol. The fourth-order valence-corrected chi connectivity index (χ4v) is 3.54. The van der Waals surface area contributed by atoms with E-state index < -0.39 is 4.74 Å². The van der Waals surface area contributed by atoms with E-state index in [9.17, 15) is 0 Å². The van der Waals surface area contributed by atoms with E-state index in [0.29, 0.717) is 0 Å². The minimum Gasteiger partial charge on any atom is -0.0632 e. The molecule has 0 amide bonds. The van der Waals surface area contributed by atoms with Crippen LogP contribution in [-0.2, 0) is 11.8 Å². The van der Waals surface area contributed by atoms with Crippen molar-refractivity contribution in [2.75, 3.05) is 0 Å². The first-order valence-corrected chi connectivity index (χ1v) is 8.68. The van der Waals surface area contributed by atoms with Gasteiger partial charge in [-0.15, -0.1) is 0 Å². The van der Waals surface area contributed by atoms with Gasteiger partial charge in [0, 0.05) is 5.30 Å². The van der Waals surface area contributed by atoms with Crippen LogP contribution in [0, 0.1) is 0 Å². The minimum absolute atomic E-state index is 0.883. The molecule has 0 nitrogen and oxygen atoms in total. The molecule has 0 aliphatic heterocycles. The molecule has 0 saturated heterocycles. The summed E-state index contributed by atoms with van der Waals surface area (Å²) in [7, 11) is 0. The molecule has 2 aromatic rings. The first kappa shape index (κ1) is 10.4. The molecule has 0 fully saturated rings. The third kappa shape index (κ3) is 1.97. The maximum Gasteiger partial charge on any atom is 0.147 e. The molecule has 0 saturated carbocycles. The van der Waals surface area contributed by atoms with Crippen LogP contribution in [0.25, 0.3) is 10.8 Å². The van der Waals surface area contributed by atoms with Crippen molar-refractivity contribution in [3.63, 3.8) is 0 Å². The molecule has 4 heteroatoms. The van der Waals surface area contributed by atoms with E-state index in [1.807, 2.05) is 42.5 Å². The monoisotopic (exact) mass is 260 g/mol. The summed E-state index contributed by atoms with van der Waals surface area (Å²) in [4.78, 5) is 0. The zero-order valence-corrected chi connectivity index (χ0v) is 10.4. The molecule has 2 rings (SSSR count). The summed E-state index contributed by atoms with van der Waals surface area (Å²) in [6.45, 7) is 0. The number of hydrogen-bond donors (Lipinski definition) is 0. The molecule has 0 aliphatic carbocycles. The number of benzene rings is 2. The highest BCUT2D eigenvalue weighted by atomic mass is 35.9. The molecule has 0 radical (unpaired) electrons. The zero-order valence-electron chi connectivity index (χ0n) is 7.15. The molecule has 0 heterocycles. The van der Waals surface area contributed by atoms with Crippen LogP contribution in [0.15, 0.2) is 42.5 Å². The predicted octanol–water partition coefficient (Wildman–Crippen LogP) is 4.25. The van der Waals surface area contributed by atoms with Crippen molar-refractivity contribution < 1.29 is 0 Å². The highest BCUT2D eigenvalue weighted by molar-refractivity contribution is 8.42. The van der Waals surface area contributed by atoms with Gasteiger partial charge in [0.25, 0.3) is 0 Å². The molecule has 0 N–H and O–H groups in total. The van der Waals surface area contributed by atoms with Crippen LogP contribution in [0.1, 0.15) is 0 Å². The van der Waals surface area contributed by atoms with Gasteiger partial charge in [0.15, 0.2) is 0 Å². The summed E-state index contributed by atoms with van der Waals surface area (Å²) < 4.78 is -2.39. The second-order valence-electron chi connectivity index (χ2n) is 2.96. The molecule has 0 atom stereocenters. The molecule has 72 valence electrons. The third-order valence-electron chi connectivity index (χ3n) is 2.05. The molecule has 2 aromatic carbocycles. The van der Waals surface area contributed by atoms with Crippen LogP contribution in [0.4, 0.5) is 0 Å². The van der Waals surface area contributed by atoms with Gasteiger partial charge in [0.05, 0.1) is 0 Å². The van der Waals surface area contributed by atoms with Gasteiger partial charge in [0.1, 0.15) is 4.74 Å². The molecule has 0 aliphatic rings. The van der Waals surface area contributed by atoms with Crippen molar-refractivity contribution in [1.29, 1.82) is 0 Å². The van der Waals surface area contributed by atoms with Crippen LogP contribution in [0.5, 0.6) is 0 Å². The van der Waals surface area contributed by atoms with E-state index in [-0.39, 0.29) is 0 Å². The Labute approximate surface area is 97.4 Å². The topological polar surface area (TPSA) is 0 Å². The van der Waals surface area contributed by atoms with Crippen LogP contribution in [-0.4, -0.2) is 0 Å². The standard InChI is InChI=1S/C10H7Cl2PS/c11-13(12,14)10-7-3-5-8-4-1-2-6-9(8)10/h1-7H. The maximum absolute atomic E-state index is 6.03. The average molecular weight is 261 g/mol. The predicted molar refractivity (Wildman–Crippen MR) is 69.6 cm³/mol. The Morgan fingerprint density at radius 3 is 2.29 bits per heavy atom. The molecule has 14 heavy (non-hydrogen) atoms. The lowest BCUT2D eigenvalue weighted by Crippen LogP contribution is -1.98. The normalized spacial score (nSPS) is 11.9. The molecule has 0 unspecified atom stereocenters.